The van der Waals surface area contributed by atoms with Crippen LogP contribution in [-0.2, 0) is 6.54 Å². The van der Waals surface area contributed by atoms with E-state index in [1.54, 1.807) is 36.7 Å². The summed E-state index contributed by atoms with van der Waals surface area (Å²) in [5.74, 6) is -0.502. The zero-order valence-corrected chi connectivity index (χ0v) is 14.1. The molecule has 27 heavy (non-hydrogen) atoms. The minimum Gasteiger partial charge on any atom is -0.376 e. The monoisotopic (exact) mass is 361 g/mol. The lowest BCUT2D eigenvalue weighted by atomic mass is 10.1. The van der Waals surface area contributed by atoms with Gasteiger partial charge >= 0.3 is 0 Å². The van der Waals surface area contributed by atoms with Crippen molar-refractivity contribution in [3.8, 4) is 0 Å². The van der Waals surface area contributed by atoms with Crippen molar-refractivity contribution in [1.29, 1.82) is 0 Å². The molecule has 1 aromatic heterocycles. The fourth-order valence-electron chi connectivity index (χ4n) is 2.81. The van der Waals surface area contributed by atoms with Gasteiger partial charge in [-0.3, -0.25) is 14.4 Å². The van der Waals surface area contributed by atoms with Gasteiger partial charge in [-0.25, -0.2) is 4.98 Å². The van der Waals surface area contributed by atoms with Gasteiger partial charge in [0, 0.05) is 17.8 Å². The summed E-state index contributed by atoms with van der Waals surface area (Å²) in [6, 6.07) is 12.1. The fourth-order valence-corrected chi connectivity index (χ4v) is 2.81. The Morgan fingerprint density at radius 1 is 1.04 bits per heavy atom. The summed E-state index contributed by atoms with van der Waals surface area (Å²) in [6.07, 6.45) is 1.59. The molecule has 8 nitrogen and oxygen atoms in total. The van der Waals surface area contributed by atoms with Crippen molar-refractivity contribution in [2.75, 3.05) is 10.6 Å². The largest absolute Gasteiger partial charge is 0.376 e. The SMILES string of the molecule is NC(=O)c1ccc(CNc2c(Nc3ccc4nc[nH]c4c3)c(=O)c2=O)cc1. The Labute approximate surface area is 152 Å². The van der Waals surface area contributed by atoms with Gasteiger partial charge < -0.3 is 21.4 Å². The van der Waals surface area contributed by atoms with E-state index in [0.29, 0.717) is 17.8 Å². The third kappa shape index (κ3) is 3.04. The molecule has 1 amide bonds. The number of amides is 1. The summed E-state index contributed by atoms with van der Waals surface area (Å²) in [4.78, 5) is 42.1. The molecule has 8 heteroatoms. The van der Waals surface area contributed by atoms with Crippen LogP contribution in [0.4, 0.5) is 17.1 Å². The van der Waals surface area contributed by atoms with Crippen LogP contribution in [0.2, 0.25) is 0 Å². The number of benzene rings is 2. The zero-order valence-electron chi connectivity index (χ0n) is 14.1. The summed E-state index contributed by atoms with van der Waals surface area (Å²) in [7, 11) is 0. The number of nitrogens with two attached hydrogens (primary N) is 1. The van der Waals surface area contributed by atoms with E-state index in [0.717, 1.165) is 16.6 Å². The maximum Gasteiger partial charge on any atom is 0.253 e. The summed E-state index contributed by atoms with van der Waals surface area (Å²) in [5, 5.41) is 5.97. The Morgan fingerprint density at radius 3 is 2.52 bits per heavy atom. The van der Waals surface area contributed by atoms with Crippen LogP contribution in [0.15, 0.2) is 58.4 Å². The first kappa shape index (κ1) is 16.5. The maximum atomic E-state index is 11.9. The molecule has 5 N–H and O–H groups in total. The van der Waals surface area contributed by atoms with Crippen LogP contribution in [0.25, 0.3) is 11.0 Å². The van der Waals surface area contributed by atoms with Crippen LogP contribution in [-0.4, -0.2) is 15.9 Å². The Morgan fingerprint density at radius 2 is 1.78 bits per heavy atom. The van der Waals surface area contributed by atoms with Crippen LogP contribution in [0, 0.1) is 0 Å². The highest BCUT2D eigenvalue weighted by Gasteiger charge is 2.21. The smallest absolute Gasteiger partial charge is 0.253 e. The number of nitrogens with one attached hydrogen (secondary N) is 3. The van der Waals surface area contributed by atoms with Crippen LogP contribution >= 0.6 is 0 Å². The molecule has 0 radical (unpaired) electrons. The predicted molar refractivity (Wildman–Crippen MR) is 103 cm³/mol. The molecular weight excluding hydrogens is 346 g/mol. The van der Waals surface area contributed by atoms with E-state index < -0.39 is 16.8 Å². The van der Waals surface area contributed by atoms with E-state index in [2.05, 4.69) is 20.6 Å². The van der Waals surface area contributed by atoms with E-state index in [4.69, 9.17) is 5.73 Å². The van der Waals surface area contributed by atoms with Crippen molar-refractivity contribution in [3.05, 3.63) is 80.4 Å². The maximum absolute atomic E-state index is 11.9. The first-order valence-electron chi connectivity index (χ1n) is 8.19. The van der Waals surface area contributed by atoms with E-state index in [1.807, 2.05) is 12.1 Å². The number of aromatic nitrogens is 2. The molecule has 0 saturated carbocycles. The summed E-state index contributed by atoms with van der Waals surface area (Å²) >= 11 is 0. The lowest BCUT2D eigenvalue weighted by molar-refractivity contribution is 0.100. The molecule has 0 atom stereocenters. The Bertz CT molecular complexity index is 1220. The molecule has 1 heterocycles. The fraction of sp³-hybridized carbons (Fsp3) is 0.0526. The van der Waals surface area contributed by atoms with Gasteiger partial charge in [-0.2, -0.15) is 0 Å². The van der Waals surface area contributed by atoms with E-state index in [-0.39, 0.29) is 11.4 Å². The van der Waals surface area contributed by atoms with Gasteiger partial charge in [-0.15, -0.1) is 0 Å². The number of hydrogen-bond donors (Lipinski definition) is 4. The number of nitrogens with zero attached hydrogens (tertiary/aromatic N) is 1. The van der Waals surface area contributed by atoms with E-state index in [1.165, 1.54) is 0 Å². The minimum atomic E-state index is -0.564. The van der Waals surface area contributed by atoms with E-state index in [9.17, 15) is 14.4 Å². The predicted octanol–water partition coefficient (Wildman–Crippen LogP) is 1.61. The lowest BCUT2D eigenvalue weighted by Crippen LogP contribution is -2.36. The van der Waals surface area contributed by atoms with Crippen LogP contribution in [0.5, 0.6) is 0 Å². The molecule has 0 aliphatic carbocycles. The molecule has 0 aliphatic heterocycles. The highest BCUT2D eigenvalue weighted by Crippen LogP contribution is 2.23. The Kier molecular flexibility index (Phi) is 3.92. The number of fused-ring (bicyclic) bond motifs is 1. The average Bonchev–Trinajstić information content (AvgIpc) is 3.15. The van der Waals surface area contributed by atoms with Crippen molar-refractivity contribution in [2.24, 2.45) is 5.73 Å². The molecule has 0 fully saturated rings. The third-order valence-corrected chi connectivity index (χ3v) is 4.31. The number of carbonyl (C=O) groups is 1. The van der Waals surface area contributed by atoms with Crippen LogP contribution in [0.1, 0.15) is 15.9 Å². The van der Waals surface area contributed by atoms with Crippen LogP contribution < -0.4 is 27.2 Å². The number of anilines is 3. The third-order valence-electron chi connectivity index (χ3n) is 4.31. The Balaban J connectivity index is 1.51. The molecular formula is C19H15N5O3. The number of rotatable bonds is 6. The molecule has 0 aliphatic rings. The number of imidazole rings is 1. The number of H-pyrrole nitrogens is 1. The first-order chi connectivity index (χ1) is 13.0. The number of hydrogen-bond acceptors (Lipinski definition) is 6. The summed E-state index contributed by atoms with van der Waals surface area (Å²) < 4.78 is 0. The van der Waals surface area contributed by atoms with Gasteiger partial charge in [0.15, 0.2) is 0 Å². The Hall–Kier alpha value is -3.94. The van der Waals surface area contributed by atoms with Gasteiger partial charge in [0.05, 0.1) is 17.4 Å². The molecule has 134 valence electrons. The number of aromatic amines is 1. The van der Waals surface area contributed by atoms with Crippen LogP contribution in [0.3, 0.4) is 0 Å². The zero-order chi connectivity index (χ0) is 19.0. The molecule has 4 rings (SSSR count). The second-order valence-corrected chi connectivity index (χ2v) is 6.08. The summed E-state index contributed by atoms with van der Waals surface area (Å²) in [5.41, 5.74) is 8.11. The number of carbonyl (C=O) groups excluding carboxylic acids is 1. The van der Waals surface area contributed by atoms with Gasteiger partial charge in [0.1, 0.15) is 11.4 Å². The van der Waals surface area contributed by atoms with E-state index >= 15 is 0 Å². The molecule has 3 aromatic carbocycles. The molecule has 4 aromatic rings. The normalized spacial score (nSPS) is 11.0. The van der Waals surface area contributed by atoms with Gasteiger partial charge in [0.25, 0.3) is 10.9 Å². The average molecular weight is 361 g/mol. The molecule has 0 spiro atoms. The highest BCUT2D eigenvalue weighted by molar-refractivity contribution is 5.92. The summed E-state index contributed by atoms with van der Waals surface area (Å²) in [6.45, 7) is 0.332. The van der Waals surface area contributed by atoms with Crippen molar-refractivity contribution in [3.63, 3.8) is 0 Å². The molecule has 0 unspecified atom stereocenters. The highest BCUT2D eigenvalue weighted by atomic mass is 16.2. The quantitative estimate of drug-likeness (QED) is 0.386. The number of primary amides is 1. The second kappa shape index (κ2) is 6.41. The lowest BCUT2D eigenvalue weighted by Gasteiger charge is -2.15. The standard InChI is InChI=1S/C19H15N5O3/c20-19(27)11-3-1-10(2-4-11)8-21-15-16(18(26)17(15)25)24-12-5-6-13-14(7-12)23-9-22-13/h1-7,9,21,24H,8H2,(H2,20,27)(H,22,23). The van der Waals surface area contributed by atoms with Gasteiger partial charge in [0.2, 0.25) is 5.91 Å². The second-order valence-electron chi connectivity index (χ2n) is 6.08. The topological polar surface area (TPSA) is 130 Å². The van der Waals surface area contributed by atoms with Crippen molar-refractivity contribution < 1.29 is 4.79 Å². The van der Waals surface area contributed by atoms with Crippen molar-refractivity contribution in [2.45, 2.75) is 6.54 Å². The molecule has 0 saturated heterocycles. The molecule has 0 bridgehead atoms. The van der Waals surface area contributed by atoms with Gasteiger partial charge in [-0.05, 0) is 35.9 Å². The van der Waals surface area contributed by atoms with Crippen molar-refractivity contribution >= 4 is 34.0 Å². The van der Waals surface area contributed by atoms with Crippen molar-refractivity contribution in [1.82, 2.24) is 9.97 Å². The minimum absolute atomic E-state index is 0.229. The van der Waals surface area contributed by atoms with Gasteiger partial charge in [-0.1, -0.05) is 12.1 Å². The first-order valence-corrected chi connectivity index (χ1v) is 8.19.